The third-order valence-electron chi connectivity index (χ3n) is 6.48. The summed E-state index contributed by atoms with van der Waals surface area (Å²) >= 11 is 0. The molecule has 4 heterocycles. The van der Waals surface area contributed by atoms with Crippen LogP contribution in [-0.2, 0) is 4.74 Å². The zero-order valence-corrected chi connectivity index (χ0v) is 19.0. The van der Waals surface area contributed by atoms with E-state index in [9.17, 15) is 9.59 Å². The second-order valence-corrected chi connectivity index (χ2v) is 8.87. The minimum Gasteiger partial charge on any atom is -0.451 e. The Morgan fingerprint density at radius 1 is 1.03 bits per heavy atom. The third-order valence-corrected chi connectivity index (χ3v) is 6.48. The van der Waals surface area contributed by atoms with Gasteiger partial charge in [0.1, 0.15) is 11.4 Å². The van der Waals surface area contributed by atoms with Crippen LogP contribution >= 0.6 is 0 Å². The van der Waals surface area contributed by atoms with Gasteiger partial charge in [-0.05, 0) is 44.9 Å². The lowest BCUT2D eigenvalue weighted by Crippen LogP contribution is -2.41. The maximum Gasteiger partial charge on any atom is 0.289 e. The Balaban J connectivity index is 1.31. The van der Waals surface area contributed by atoms with E-state index in [0.717, 1.165) is 29.4 Å². The van der Waals surface area contributed by atoms with Crippen molar-refractivity contribution in [3.05, 3.63) is 58.9 Å². The Labute approximate surface area is 192 Å². The number of aryl methyl sites for hydroxylation is 2. The molecule has 172 valence electrons. The van der Waals surface area contributed by atoms with Gasteiger partial charge in [0.25, 0.3) is 11.8 Å². The number of hydrogen-bond donors (Lipinski definition) is 0. The summed E-state index contributed by atoms with van der Waals surface area (Å²) in [7, 11) is 0. The monoisotopic (exact) mass is 448 g/mol. The van der Waals surface area contributed by atoms with E-state index >= 15 is 0 Å². The van der Waals surface area contributed by atoms with Gasteiger partial charge in [0, 0.05) is 43.7 Å². The van der Waals surface area contributed by atoms with E-state index < -0.39 is 0 Å². The molecule has 8 nitrogen and oxygen atoms in total. The Morgan fingerprint density at radius 2 is 1.85 bits per heavy atom. The maximum atomic E-state index is 13.1. The molecule has 3 aromatic rings. The molecular formula is C25H28N4O4. The van der Waals surface area contributed by atoms with Crippen molar-refractivity contribution in [2.45, 2.75) is 32.6 Å². The maximum absolute atomic E-state index is 13.1. The van der Waals surface area contributed by atoms with Crippen LogP contribution in [-0.4, -0.2) is 71.0 Å². The van der Waals surface area contributed by atoms with Gasteiger partial charge in [0.05, 0.1) is 24.5 Å². The third kappa shape index (κ3) is 4.35. The van der Waals surface area contributed by atoms with Gasteiger partial charge in [-0.3, -0.25) is 9.59 Å². The van der Waals surface area contributed by atoms with Crippen molar-refractivity contribution >= 4 is 22.8 Å². The summed E-state index contributed by atoms with van der Waals surface area (Å²) in [5, 5.41) is 0.936. The molecule has 2 fully saturated rings. The van der Waals surface area contributed by atoms with Crippen LogP contribution in [0.5, 0.6) is 0 Å². The topological polar surface area (TPSA) is 88.8 Å². The number of amides is 2. The summed E-state index contributed by atoms with van der Waals surface area (Å²) in [5.41, 5.74) is 3.05. The number of piperidine rings is 1. The molecule has 1 aromatic carbocycles. The minimum absolute atomic E-state index is 0.0283. The highest BCUT2D eigenvalue weighted by atomic mass is 16.5. The van der Waals surface area contributed by atoms with Crippen LogP contribution in [0.15, 0.2) is 34.9 Å². The molecule has 2 aliphatic heterocycles. The first kappa shape index (κ1) is 21.6. The van der Waals surface area contributed by atoms with Crippen LogP contribution in [0, 0.1) is 13.8 Å². The largest absolute Gasteiger partial charge is 0.451 e. The first-order chi connectivity index (χ1) is 16.0. The summed E-state index contributed by atoms with van der Waals surface area (Å²) in [6, 6.07) is 7.72. The first-order valence-corrected chi connectivity index (χ1v) is 11.5. The summed E-state index contributed by atoms with van der Waals surface area (Å²) in [4.78, 5) is 38.8. The van der Waals surface area contributed by atoms with Gasteiger partial charge < -0.3 is 19.0 Å². The van der Waals surface area contributed by atoms with Crippen LogP contribution in [0.25, 0.3) is 11.0 Å². The highest BCUT2D eigenvalue weighted by Gasteiger charge is 2.30. The van der Waals surface area contributed by atoms with E-state index in [2.05, 4.69) is 9.97 Å². The predicted octanol–water partition coefficient (Wildman–Crippen LogP) is 3.33. The van der Waals surface area contributed by atoms with Crippen molar-refractivity contribution in [2.75, 3.05) is 39.4 Å². The number of ether oxygens (including phenoxy) is 1. The molecule has 0 spiro atoms. The van der Waals surface area contributed by atoms with Crippen molar-refractivity contribution < 1.29 is 18.7 Å². The Morgan fingerprint density at radius 3 is 2.64 bits per heavy atom. The normalized spacial score (nSPS) is 19.2. The van der Waals surface area contributed by atoms with Crippen molar-refractivity contribution in [3.63, 3.8) is 0 Å². The zero-order valence-electron chi connectivity index (χ0n) is 19.0. The molecule has 2 amide bonds. The van der Waals surface area contributed by atoms with Gasteiger partial charge >= 0.3 is 0 Å². The number of furan rings is 1. The number of rotatable bonds is 3. The average Bonchev–Trinajstić information content (AvgIpc) is 3.27. The van der Waals surface area contributed by atoms with Gasteiger partial charge in [-0.15, -0.1) is 0 Å². The summed E-state index contributed by atoms with van der Waals surface area (Å²) < 4.78 is 11.2. The van der Waals surface area contributed by atoms with Gasteiger partial charge in [0.2, 0.25) is 0 Å². The SMILES string of the molecule is Cc1ccc2oc(C(=O)N3CCC[C@H](c4ncc(C(=O)N5CCOCC5)c(C)n4)C3)cc2c1. The molecule has 1 atom stereocenters. The van der Waals surface area contributed by atoms with Crippen molar-refractivity contribution in [1.82, 2.24) is 19.8 Å². The average molecular weight is 449 g/mol. The lowest BCUT2D eigenvalue weighted by atomic mass is 9.96. The van der Waals surface area contributed by atoms with Crippen LogP contribution in [0.4, 0.5) is 0 Å². The minimum atomic E-state index is -0.107. The number of carbonyl (C=O) groups excluding carboxylic acids is 2. The molecule has 0 N–H and O–H groups in total. The van der Waals surface area contributed by atoms with E-state index in [1.807, 2.05) is 43.0 Å². The lowest BCUT2D eigenvalue weighted by molar-refractivity contribution is 0.0301. The van der Waals surface area contributed by atoms with E-state index in [-0.39, 0.29) is 17.7 Å². The molecular weight excluding hydrogens is 420 g/mol. The Bertz CT molecular complexity index is 1200. The molecule has 2 aromatic heterocycles. The van der Waals surface area contributed by atoms with Crippen LogP contribution in [0.2, 0.25) is 0 Å². The van der Waals surface area contributed by atoms with E-state index in [1.165, 1.54) is 0 Å². The number of likely N-dealkylation sites (tertiary alicyclic amines) is 1. The fourth-order valence-corrected chi connectivity index (χ4v) is 4.62. The molecule has 2 saturated heterocycles. The highest BCUT2D eigenvalue weighted by Crippen LogP contribution is 2.28. The number of carbonyl (C=O) groups is 2. The van der Waals surface area contributed by atoms with E-state index in [0.29, 0.717) is 62.2 Å². The van der Waals surface area contributed by atoms with Crippen LogP contribution < -0.4 is 0 Å². The van der Waals surface area contributed by atoms with Gasteiger partial charge in [-0.1, -0.05) is 11.6 Å². The van der Waals surface area contributed by atoms with Gasteiger partial charge in [-0.2, -0.15) is 0 Å². The Hall–Kier alpha value is -3.26. The smallest absolute Gasteiger partial charge is 0.289 e. The highest BCUT2D eigenvalue weighted by molar-refractivity contribution is 5.96. The molecule has 0 unspecified atom stereocenters. The van der Waals surface area contributed by atoms with E-state index in [4.69, 9.17) is 9.15 Å². The zero-order chi connectivity index (χ0) is 22.9. The number of fused-ring (bicyclic) bond motifs is 1. The molecule has 8 heteroatoms. The number of aromatic nitrogens is 2. The quantitative estimate of drug-likeness (QED) is 0.611. The van der Waals surface area contributed by atoms with E-state index in [1.54, 1.807) is 11.1 Å². The van der Waals surface area contributed by atoms with Gasteiger partial charge in [-0.25, -0.2) is 9.97 Å². The van der Waals surface area contributed by atoms with Crippen LogP contribution in [0.1, 0.15) is 56.8 Å². The standard InChI is InChI=1S/C25H28N4O4/c1-16-5-6-21-19(12-16)13-22(33-21)25(31)29-7-3-4-18(15-29)23-26-14-20(17(2)27-23)24(30)28-8-10-32-11-9-28/h5-6,12-14,18H,3-4,7-11,15H2,1-2H3/t18-/m0/s1. The van der Waals surface area contributed by atoms with Crippen molar-refractivity contribution in [2.24, 2.45) is 0 Å². The number of hydrogen-bond acceptors (Lipinski definition) is 6. The van der Waals surface area contributed by atoms with Gasteiger partial charge in [0.15, 0.2) is 5.76 Å². The number of morpholine rings is 1. The predicted molar refractivity (Wildman–Crippen MR) is 122 cm³/mol. The molecule has 2 aliphatic rings. The fourth-order valence-electron chi connectivity index (χ4n) is 4.62. The Kier molecular flexibility index (Phi) is 5.85. The number of benzene rings is 1. The van der Waals surface area contributed by atoms with Crippen LogP contribution in [0.3, 0.4) is 0 Å². The number of nitrogens with zero attached hydrogens (tertiary/aromatic N) is 4. The molecule has 0 aliphatic carbocycles. The second kappa shape index (κ2) is 8.94. The summed E-state index contributed by atoms with van der Waals surface area (Å²) in [5.74, 6) is 0.913. The second-order valence-electron chi connectivity index (χ2n) is 8.87. The molecule has 5 rings (SSSR count). The molecule has 0 saturated carbocycles. The summed E-state index contributed by atoms with van der Waals surface area (Å²) in [6.45, 7) is 7.36. The molecule has 33 heavy (non-hydrogen) atoms. The summed E-state index contributed by atoms with van der Waals surface area (Å²) in [6.07, 6.45) is 3.41. The van der Waals surface area contributed by atoms with Crippen molar-refractivity contribution in [3.8, 4) is 0 Å². The van der Waals surface area contributed by atoms with Crippen molar-refractivity contribution in [1.29, 1.82) is 0 Å². The molecule has 0 bridgehead atoms. The fraction of sp³-hybridized carbons (Fsp3) is 0.440. The lowest BCUT2D eigenvalue weighted by Gasteiger charge is -2.31. The first-order valence-electron chi connectivity index (χ1n) is 11.5. The molecule has 0 radical (unpaired) electrons.